The lowest BCUT2D eigenvalue weighted by Crippen LogP contribution is -2.35. The van der Waals surface area contributed by atoms with Gasteiger partial charge in [0, 0.05) is 13.6 Å². The first-order valence-corrected chi connectivity index (χ1v) is 6.48. The minimum Gasteiger partial charge on any atom is -0.340 e. The van der Waals surface area contributed by atoms with Crippen LogP contribution in [0.25, 0.3) is 0 Å². The van der Waals surface area contributed by atoms with Gasteiger partial charge in [0.05, 0.1) is 0 Å². The van der Waals surface area contributed by atoms with Crippen LogP contribution in [0, 0.1) is 11.6 Å². The minimum atomic E-state index is -0.930. The Morgan fingerprint density at radius 3 is 2.43 bits per heavy atom. The molecule has 0 aliphatic rings. The molecule has 3 nitrogen and oxygen atoms in total. The van der Waals surface area contributed by atoms with E-state index in [0.29, 0.717) is 11.1 Å². The van der Waals surface area contributed by atoms with Gasteiger partial charge in [-0.25, -0.2) is 8.78 Å². The molecule has 0 aliphatic heterocycles. The molecule has 2 rings (SSSR count). The van der Waals surface area contributed by atoms with Gasteiger partial charge in [-0.15, -0.1) is 0 Å². The summed E-state index contributed by atoms with van der Waals surface area (Å²) >= 11 is 0. The molecule has 0 spiro atoms. The van der Waals surface area contributed by atoms with Crippen LogP contribution < -0.4 is 5.73 Å². The van der Waals surface area contributed by atoms with Crippen LogP contribution in [0.5, 0.6) is 0 Å². The van der Waals surface area contributed by atoms with Gasteiger partial charge in [-0.1, -0.05) is 36.4 Å². The first-order valence-electron chi connectivity index (χ1n) is 6.48. The monoisotopic (exact) mass is 290 g/mol. The van der Waals surface area contributed by atoms with Gasteiger partial charge in [-0.05, 0) is 23.3 Å². The Bertz CT molecular complexity index is 631. The fraction of sp³-hybridized carbons (Fsp3) is 0.188. The highest BCUT2D eigenvalue weighted by atomic mass is 19.2. The van der Waals surface area contributed by atoms with Crippen molar-refractivity contribution in [3.8, 4) is 0 Å². The Balaban J connectivity index is 2.07. The minimum absolute atomic E-state index is 0.163. The Hall–Kier alpha value is -2.27. The first-order chi connectivity index (χ1) is 9.99. The van der Waals surface area contributed by atoms with Gasteiger partial charge in [-0.3, -0.25) is 4.79 Å². The van der Waals surface area contributed by atoms with Crippen LogP contribution in [0.3, 0.4) is 0 Å². The van der Waals surface area contributed by atoms with Gasteiger partial charge in [0.25, 0.3) is 0 Å². The molecule has 0 aliphatic carbocycles. The molecule has 0 aromatic heterocycles. The van der Waals surface area contributed by atoms with Crippen LogP contribution in [0.1, 0.15) is 17.2 Å². The second kappa shape index (κ2) is 6.45. The Morgan fingerprint density at radius 2 is 1.81 bits per heavy atom. The number of nitrogens with two attached hydrogens (primary N) is 1. The third kappa shape index (κ3) is 3.64. The highest BCUT2D eigenvalue weighted by Gasteiger charge is 2.20. The van der Waals surface area contributed by atoms with Crippen molar-refractivity contribution in [3.63, 3.8) is 0 Å². The van der Waals surface area contributed by atoms with Crippen molar-refractivity contribution in [1.29, 1.82) is 0 Å². The summed E-state index contributed by atoms with van der Waals surface area (Å²) in [6.07, 6.45) is 0. The first kappa shape index (κ1) is 15.1. The third-order valence-electron chi connectivity index (χ3n) is 3.20. The van der Waals surface area contributed by atoms with Gasteiger partial charge in [0.2, 0.25) is 5.91 Å². The smallest absolute Gasteiger partial charge is 0.244 e. The number of carbonyl (C=O) groups excluding carboxylic acids is 1. The molecule has 1 unspecified atom stereocenters. The number of hydrogen-bond donors (Lipinski definition) is 1. The van der Waals surface area contributed by atoms with E-state index in [-0.39, 0.29) is 12.5 Å². The molecule has 0 heterocycles. The lowest BCUT2D eigenvalue weighted by Gasteiger charge is -2.21. The van der Waals surface area contributed by atoms with E-state index in [4.69, 9.17) is 5.73 Å². The van der Waals surface area contributed by atoms with Crippen molar-refractivity contribution >= 4 is 5.91 Å². The maximum absolute atomic E-state index is 13.2. The molecular weight excluding hydrogens is 274 g/mol. The molecule has 0 fully saturated rings. The van der Waals surface area contributed by atoms with Crippen molar-refractivity contribution in [2.75, 3.05) is 7.05 Å². The lowest BCUT2D eigenvalue weighted by molar-refractivity contribution is -0.131. The number of amides is 1. The summed E-state index contributed by atoms with van der Waals surface area (Å²) in [4.78, 5) is 13.6. The second-order valence-electron chi connectivity index (χ2n) is 4.83. The van der Waals surface area contributed by atoms with Gasteiger partial charge < -0.3 is 10.6 Å². The predicted molar refractivity (Wildman–Crippen MR) is 76.2 cm³/mol. The number of rotatable bonds is 4. The topological polar surface area (TPSA) is 46.3 Å². The molecule has 2 N–H and O–H groups in total. The van der Waals surface area contributed by atoms with Crippen molar-refractivity contribution in [1.82, 2.24) is 4.90 Å². The maximum atomic E-state index is 13.2. The van der Waals surface area contributed by atoms with Crippen molar-refractivity contribution < 1.29 is 13.6 Å². The summed E-state index contributed by atoms with van der Waals surface area (Å²) in [5, 5.41) is 0. The van der Waals surface area contributed by atoms with Crippen molar-refractivity contribution in [3.05, 3.63) is 71.3 Å². The van der Waals surface area contributed by atoms with E-state index < -0.39 is 17.7 Å². The van der Waals surface area contributed by atoms with Gasteiger partial charge in [0.15, 0.2) is 11.6 Å². The second-order valence-corrected chi connectivity index (χ2v) is 4.83. The normalized spacial score (nSPS) is 12.0. The van der Waals surface area contributed by atoms with Crippen LogP contribution in [-0.2, 0) is 11.3 Å². The molecule has 1 atom stereocenters. The molecule has 0 bridgehead atoms. The largest absolute Gasteiger partial charge is 0.340 e. The highest BCUT2D eigenvalue weighted by molar-refractivity contribution is 5.82. The molecule has 110 valence electrons. The van der Waals surface area contributed by atoms with E-state index in [1.807, 2.05) is 6.07 Å². The quantitative estimate of drug-likeness (QED) is 0.941. The van der Waals surface area contributed by atoms with Gasteiger partial charge >= 0.3 is 0 Å². The number of benzene rings is 2. The van der Waals surface area contributed by atoms with Crippen LogP contribution in [-0.4, -0.2) is 17.9 Å². The molecule has 2 aromatic carbocycles. The summed E-state index contributed by atoms with van der Waals surface area (Å²) in [5.41, 5.74) is 7.13. The summed E-state index contributed by atoms with van der Waals surface area (Å²) in [6, 6.07) is 11.8. The van der Waals surface area contributed by atoms with E-state index >= 15 is 0 Å². The molecule has 0 radical (unpaired) electrons. The standard InChI is InChI=1S/C16H16F2N2O/c1-20(10-11-7-8-13(17)14(18)9-11)16(21)15(19)12-5-3-2-4-6-12/h2-9,15H,10,19H2,1H3. The summed E-state index contributed by atoms with van der Waals surface area (Å²) in [7, 11) is 1.58. The number of likely N-dealkylation sites (N-methyl/N-ethyl adjacent to an activating group) is 1. The molecule has 1 amide bonds. The average Bonchev–Trinajstić information content (AvgIpc) is 2.50. The summed E-state index contributed by atoms with van der Waals surface area (Å²) in [5.74, 6) is -2.12. The summed E-state index contributed by atoms with van der Waals surface area (Å²) < 4.78 is 26.0. The number of hydrogen-bond acceptors (Lipinski definition) is 2. The maximum Gasteiger partial charge on any atom is 0.244 e. The molecule has 0 saturated heterocycles. The highest BCUT2D eigenvalue weighted by Crippen LogP contribution is 2.15. The SMILES string of the molecule is CN(Cc1ccc(F)c(F)c1)C(=O)C(N)c1ccccc1. The lowest BCUT2D eigenvalue weighted by atomic mass is 10.1. The number of halogens is 2. The van der Waals surface area contributed by atoms with Gasteiger partial charge in [-0.2, -0.15) is 0 Å². The van der Waals surface area contributed by atoms with E-state index in [9.17, 15) is 13.6 Å². The third-order valence-corrected chi connectivity index (χ3v) is 3.20. The number of nitrogens with zero attached hydrogens (tertiary/aromatic N) is 1. The Labute approximate surface area is 122 Å². The molecule has 21 heavy (non-hydrogen) atoms. The van der Waals surface area contributed by atoms with Crippen LogP contribution in [0.15, 0.2) is 48.5 Å². The number of carbonyl (C=O) groups is 1. The Kier molecular flexibility index (Phi) is 4.65. The zero-order valence-corrected chi connectivity index (χ0v) is 11.6. The van der Waals surface area contributed by atoms with E-state index in [2.05, 4.69) is 0 Å². The van der Waals surface area contributed by atoms with Crippen LogP contribution >= 0.6 is 0 Å². The molecular formula is C16H16F2N2O. The van der Waals surface area contributed by atoms with E-state index in [1.54, 1.807) is 31.3 Å². The molecule has 2 aromatic rings. The van der Waals surface area contributed by atoms with Crippen LogP contribution in [0.4, 0.5) is 8.78 Å². The fourth-order valence-corrected chi connectivity index (χ4v) is 2.03. The summed E-state index contributed by atoms with van der Waals surface area (Å²) in [6.45, 7) is 0.163. The van der Waals surface area contributed by atoms with Gasteiger partial charge in [0.1, 0.15) is 6.04 Å². The fourth-order valence-electron chi connectivity index (χ4n) is 2.03. The zero-order valence-electron chi connectivity index (χ0n) is 11.6. The average molecular weight is 290 g/mol. The van der Waals surface area contributed by atoms with Crippen molar-refractivity contribution in [2.24, 2.45) is 5.73 Å². The van der Waals surface area contributed by atoms with E-state index in [1.165, 1.54) is 11.0 Å². The van der Waals surface area contributed by atoms with E-state index in [0.717, 1.165) is 12.1 Å². The predicted octanol–water partition coefficient (Wildman–Crippen LogP) is 2.62. The molecule has 0 saturated carbocycles. The zero-order chi connectivity index (χ0) is 15.4. The van der Waals surface area contributed by atoms with Crippen molar-refractivity contribution in [2.45, 2.75) is 12.6 Å². The molecule has 5 heteroatoms. The Morgan fingerprint density at radius 1 is 1.14 bits per heavy atom. The van der Waals surface area contributed by atoms with Crippen LogP contribution in [0.2, 0.25) is 0 Å².